The Labute approximate surface area is 102 Å². The molecule has 0 aliphatic rings. The van der Waals surface area contributed by atoms with Gasteiger partial charge in [-0.15, -0.1) is 0 Å². The minimum Gasteiger partial charge on any atom is -0.466 e. The van der Waals surface area contributed by atoms with Crippen molar-refractivity contribution in [2.75, 3.05) is 0 Å². The normalized spacial score (nSPS) is 12.7. The fourth-order valence-corrected chi connectivity index (χ4v) is 2.23. The van der Waals surface area contributed by atoms with Gasteiger partial charge in [0.2, 0.25) is 0 Å². The smallest absolute Gasteiger partial charge is 0.106 e. The summed E-state index contributed by atoms with van der Waals surface area (Å²) in [4.78, 5) is 4.10. The summed E-state index contributed by atoms with van der Waals surface area (Å²) in [6, 6.07) is 3.95. The molecular formula is C14H18N2O. The van der Waals surface area contributed by atoms with Gasteiger partial charge in [-0.2, -0.15) is 0 Å². The average Bonchev–Trinajstić information content (AvgIpc) is 2.54. The highest BCUT2D eigenvalue weighted by Crippen LogP contribution is 2.27. The van der Waals surface area contributed by atoms with Crippen molar-refractivity contribution in [3.63, 3.8) is 0 Å². The summed E-state index contributed by atoms with van der Waals surface area (Å²) in [6.07, 6.45) is 4.42. The monoisotopic (exact) mass is 230 g/mol. The second-order valence-corrected chi connectivity index (χ2v) is 4.43. The Morgan fingerprint density at radius 2 is 2.06 bits per heavy atom. The van der Waals surface area contributed by atoms with E-state index in [4.69, 9.17) is 10.2 Å². The van der Waals surface area contributed by atoms with Gasteiger partial charge in [0.15, 0.2) is 0 Å². The minimum absolute atomic E-state index is 0.0309. The number of rotatable bonds is 3. The van der Waals surface area contributed by atoms with E-state index in [-0.39, 0.29) is 6.04 Å². The number of aromatic nitrogens is 1. The summed E-state index contributed by atoms with van der Waals surface area (Å²) in [6.45, 7) is 6.01. The first-order valence-corrected chi connectivity index (χ1v) is 5.80. The molecule has 0 fully saturated rings. The maximum Gasteiger partial charge on any atom is 0.106 e. The predicted octanol–water partition coefficient (Wildman–Crippen LogP) is 2.84. The zero-order valence-corrected chi connectivity index (χ0v) is 10.5. The number of aryl methyl sites for hydroxylation is 2. The van der Waals surface area contributed by atoms with Crippen molar-refractivity contribution >= 4 is 0 Å². The Bertz CT molecular complexity index is 502. The highest BCUT2D eigenvalue weighted by molar-refractivity contribution is 5.35. The van der Waals surface area contributed by atoms with E-state index in [1.165, 1.54) is 5.56 Å². The topological polar surface area (TPSA) is 52.0 Å². The second kappa shape index (κ2) is 4.72. The molecule has 2 rings (SSSR count). The third-order valence-electron chi connectivity index (χ3n) is 3.17. The lowest BCUT2D eigenvalue weighted by Gasteiger charge is -2.12. The summed E-state index contributed by atoms with van der Waals surface area (Å²) < 4.78 is 5.61. The van der Waals surface area contributed by atoms with E-state index in [0.29, 0.717) is 0 Å². The number of nitrogens with two attached hydrogens (primary N) is 1. The van der Waals surface area contributed by atoms with Gasteiger partial charge in [0.05, 0.1) is 0 Å². The Balaban J connectivity index is 2.23. The van der Waals surface area contributed by atoms with Crippen LogP contribution < -0.4 is 5.73 Å². The van der Waals surface area contributed by atoms with Gasteiger partial charge in [-0.3, -0.25) is 4.98 Å². The fraction of sp³-hybridized carbons (Fsp3) is 0.357. The van der Waals surface area contributed by atoms with Gasteiger partial charge in [0, 0.05) is 24.0 Å². The number of furan rings is 1. The molecule has 1 atom stereocenters. The molecule has 3 nitrogen and oxygen atoms in total. The molecule has 0 amide bonds. The number of pyridine rings is 1. The molecule has 3 heteroatoms. The maximum absolute atomic E-state index is 6.25. The van der Waals surface area contributed by atoms with Crippen LogP contribution in [0.2, 0.25) is 0 Å². The van der Waals surface area contributed by atoms with E-state index in [2.05, 4.69) is 11.9 Å². The minimum atomic E-state index is -0.0309. The number of hydrogen-bond donors (Lipinski definition) is 1. The molecule has 2 heterocycles. The molecule has 0 bridgehead atoms. The molecule has 2 aromatic heterocycles. The van der Waals surface area contributed by atoms with Crippen molar-refractivity contribution in [2.24, 2.45) is 5.73 Å². The molecular weight excluding hydrogens is 212 g/mol. The summed E-state index contributed by atoms with van der Waals surface area (Å²) in [5.41, 5.74) is 9.70. The van der Waals surface area contributed by atoms with E-state index in [1.54, 1.807) is 6.20 Å². The molecule has 0 radical (unpaired) electrons. The van der Waals surface area contributed by atoms with Crippen molar-refractivity contribution in [1.29, 1.82) is 0 Å². The predicted molar refractivity (Wildman–Crippen MR) is 67.8 cm³/mol. The number of hydrogen-bond acceptors (Lipinski definition) is 3. The quantitative estimate of drug-likeness (QED) is 0.882. The molecule has 17 heavy (non-hydrogen) atoms. The highest BCUT2D eigenvalue weighted by Gasteiger charge is 2.18. The van der Waals surface area contributed by atoms with Crippen LogP contribution in [0.3, 0.4) is 0 Å². The highest BCUT2D eigenvalue weighted by atomic mass is 16.3. The Morgan fingerprint density at radius 1 is 1.29 bits per heavy atom. The first-order chi connectivity index (χ1) is 8.09. The zero-order valence-electron chi connectivity index (χ0n) is 10.5. The van der Waals surface area contributed by atoms with E-state index in [0.717, 1.165) is 29.1 Å². The van der Waals surface area contributed by atoms with E-state index in [1.807, 2.05) is 32.2 Å². The van der Waals surface area contributed by atoms with Crippen molar-refractivity contribution < 1.29 is 4.42 Å². The molecule has 0 aliphatic carbocycles. The van der Waals surface area contributed by atoms with Crippen molar-refractivity contribution in [3.05, 3.63) is 52.7 Å². The van der Waals surface area contributed by atoms with Crippen LogP contribution in [0, 0.1) is 20.8 Å². The molecule has 0 saturated heterocycles. The second-order valence-electron chi connectivity index (χ2n) is 4.43. The summed E-state index contributed by atoms with van der Waals surface area (Å²) in [7, 11) is 0. The fourth-order valence-electron chi connectivity index (χ4n) is 2.23. The Morgan fingerprint density at radius 3 is 2.59 bits per heavy atom. The van der Waals surface area contributed by atoms with Gasteiger partial charge < -0.3 is 10.2 Å². The largest absolute Gasteiger partial charge is 0.466 e. The maximum atomic E-state index is 6.25. The summed E-state index contributed by atoms with van der Waals surface area (Å²) in [5.74, 6) is 1.88. The van der Waals surface area contributed by atoms with Crippen molar-refractivity contribution in [1.82, 2.24) is 4.98 Å². The van der Waals surface area contributed by atoms with Gasteiger partial charge in [0.25, 0.3) is 0 Å². The lowest BCUT2D eigenvalue weighted by Crippen LogP contribution is -2.15. The molecule has 2 N–H and O–H groups in total. The summed E-state index contributed by atoms with van der Waals surface area (Å²) >= 11 is 0. The van der Waals surface area contributed by atoms with Crippen LogP contribution >= 0.6 is 0 Å². The third-order valence-corrected chi connectivity index (χ3v) is 3.17. The zero-order chi connectivity index (χ0) is 12.4. The van der Waals surface area contributed by atoms with Gasteiger partial charge in [0.1, 0.15) is 11.5 Å². The Kier molecular flexibility index (Phi) is 3.29. The summed E-state index contributed by atoms with van der Waals surface area (Å²) in [5, 5.41) is 0. The SMILES string of the molecule is Cc1oc(C)c(C(N)Cc2cccnc2)c1C. The van der Waals surface area contributed by atoms with Crippen LogP contribution in [-0.2, 0) is 6.42 Å². The molecule has 1 unspecified atom stereocenters. The van der Waals surface area contributed by atoms with Gasteiger partial charge >= 0.3 is 0 Å². The van der Waals surface area contributed by atoms with Gasteiger partial charge in [-0.1, -0.05) is 6.07 Å². The van der Waals surface area contributed by atoms with Crippen LogP contribution in [0.15, 0.2) is 28.9 Å². The van der Waals surface area contributed by atoms with E-state index in [9.17, 15) is 0 Å². The van der Waals surface area contributed by atoms with Gasteiger partial charge in [-0.05, 0) is 44.4 Å². The number of nitrogens with zero attached hydrogens (tertiary/aromatic N) is 1. The van der Waals surface area contributed by atoms with E-state index < -0.39 is 0 Å². The first-order valence-electron chi connectivity index (χ1n) is 5.80. The van der Waals surface area contributed by atoms with Crippen molar-refractivity contribution in [2.45, 2.75) is 33.2 Å². The Hall–Kier alpha value is -1.61. The molecule has 0 saturated carbocycles. The molecule has 90 valence electrons. The van der Waals surface area contributed by atoms with Crippen LogP contribution in [0.4, 0.5) is 0 Å². The van der Waals surface area contributed by atoms with Gasteiger partial charge in [-0.25, -0.2) is 0 Å². The molecule has 0 spiro atoms. The molecule has 0 aromatic carbocycles. The third kappa shape index (κ3) is 2.39. The van der Waals surface area contributed by atoms with Crippen LogP contribution in [0.1, 0.15) is 34.3 Å². The van der Waals surface area contributed by atoms with Crippen LogP contribution in [-0.4, -0.2) is 4.98 Å². The molecule has 2 aromatic rings. The standard InChI is InChI=1S/C14H18N2O/c1-9-10(2)17-11(3)14(9)13(15)7-12-5-4-6-16-8-12/h4-6,8,13H,7,15H2,1-3H3. The van der Waals surface area contributed by atoms with Crippen LogP contribution in [0.25, 0.3) is 0 Å². The van der Waals surface area contributed by atoms with E-state index >= 15 is 0 Å². The molecule has 0 aliphatic heterocycles. The van der Waals surface area contributed by atoms with Crippen molar-refractivity contribution in [3.8, 4) is 0 Å². The lowest BCUT2D eigenvalue weighted by atomic mass is 9.97. The first kappa shape index (κ1) is 11.9. The lowest BCUT2D eigenvalue weighted by molar-refractivity contribution is 0.496. The van der Waals surface area contributed by atoms with Crippen LogP contribution in [0.5, 0.6) is 0 Å². The average molecular weight is 230 g/mol.